The van der Waals surface area contributed by atoms with E-state index in [1.54, 1.807) is 0 Å². The summed E-state index contributed by atoms with van der Waals surface area (Å²) < 4.78 is 0. The van der Waals surface area contributed by atoms with Crippen molar-refractivity contribution in [3.63, 3.8) is 0 Å². The fourth-order valence-electron chi connectivity index (χ4n) is 6.78. The maximum absolute atomic E-state index is 5.42. The summed E-state index contributed by atoms with van der Waals surface area (Å²) in [5.41, 5.74) is 16.3. The quantitative estimate of drug-likeness (QED) is 0.182. The van der Waals surface area contributed by atoms with Crippen molar-refractivity contribution in [2.75, 3.05) is 0 Å². The molecule has 2 aliphatic heterocycles. The van der Waals surface area contributed by atoms with Crippen LogP contribution in [0.3, 0.4) is 0 Å². The SMILES string of the molecule is C1=Cc2cc3[nH]c(c(-c4ccccc4)c4nc(cc5ccc(cc1n2)[nH]5)C=C4c1ccccc1)c(-c1ccccc1)c3-c1ccccc1.Cl.[AlH3]. The van der Waals surface area contributed by atoms with E-state index in [-0.39, 0.29) is 29.8 Å². The lowest BCUT2D eigenvalue weighted by Gasteiger charge is -2.12. The summed E-state index contributed by atoms with van der Waals surface area (Å²) in [5.74, 6) is 0. The number of hydrogen-bond donors (Lipinski definition) is 2. The third-order valence-corrected chi connectivity index (χ3v) is 8.89. The average molecular weight is 681 g/mol. The molecule has 0 fully saturated rings. The molecule has 0 radical (unpaired) electrons. The molecule has 0 saturated carbocycles. The second kappa shape index (κ2) is 14.0. The van der Waals surface area contributed by atoms with Crippen molar-refractivity contribution in [2.24, 2.45) is 0 Å². The number of nitrogens with zero attached hydrogens (tertiary/aromatic N) is 2. The third-order valence-electron chi connectivity index (χ3n) is 8.89. The molecule has 50 heavy (non-hydrogen) atoms. The molecule has 5 heterocycles. The molecule has 0 unspecified atom stereocenters. The summed E-state index contributed by atoms with van der Waals surface area (Å²) in [4.78, 5) is 17.9. The highest BCUT2D eigenvalue weighted by molar-refractivity contribution is 6.10. The number of aromatic amines is 2. The van der Waals surface area contributed by atoms with E-state index in [1.165, 1.54) is 0 Å². The van der Waals surface area contributed by atoms with Crippen LogP contribution in [0.2, 0.25) is 0 Å². The van der Waals surface area contributed by atoms with Crippen LogP contribution in [0.25, 0.3) is 79.2 Å². The van der Waals surface area contributed by atoms with Gasteiger partial charge in [0.2, 0.25) is 0 Å². The Balaban J connectivity index is 0.00000196. The normalized spacial score (nSPS) is 11.7. The molecule has 0 aliphatic carbocycles. The monoisotopic (exact) mass is 680 g/mol. The van der Waals surface area contributed by atoms with Crippen molar-refractivity contribution in [3.8, 4) is 33.4 Å². The summed E-state index contributed by atoms with van der Waals surface area (Å²) in [6, 6.07) is 53.0. The van der Waals surface area contributed by atoms with Crippen molar-refractivity contribution >= 4 is 75.6 Å². The van der Waals surface area contributed by atoms with Crippen molar-refractivity contribution in [2.45, 2.75) is 0 Å². The second-order valence-electron chi connectivity index (χ2n) is 12.0. The van der Waals surface area contributed by atoms with E-state index in [2.05, 4.69) is 180 Å². The van der Waals surface area contributed by atoms with Gasteiger partial charge in [-0.2, -0.15) is 0 Å². The van der Waals surface area contributed by atoms with Crippen LogP contribution in [0.4, 0.5) is 0 Å². The topological polar surface area (TPSA) is 57.4 Å². The van der Waals surface area contributed by atoms with Crippen LogP contribution in [0, 0.1) is 0 Å². The van der Waals surface area contributed by atoms with E-state index >= 15 is 0 Å². The smallest absolute Gasteiger partial charge is 0.187 e. The van der Waals surface area contributed by atoms with Gasteiger partial charge in [-0.3, -0.25) is 0 Å². The molecular formula is C44H34AlClN4. The molecule has 0 spiro atoms. The lowest BCUT2D eigenvalue weighted by Crippen LogP contribution is -1.92. The Hall–Kier alpha value is -5.70. The van der Waals surface area contributed by atoms with Gasteiger partial charge in [0.05, 0.1) is 28.3 Å². The Kier molecular flexibility index (Phi) is 9.22. The molecule has 0 atom stereocenters. The molecule has 4 aromatic carbocycles. The minimum atomic E-state index is 0. The van der Waals surface area contributed by atoms with Gasteiger partial charge in [0.1, 0.15) is 0 Å². The molecular weight excluding hydrogens is 647 g/mol. The van der Waals surface area contributed by atoms with E-state index in [9.17, 15) is 0 Å². The first kappa shape index (κ1) is 32.8. The average Bonchev–Trinajstić information content (AvgIpc) is 3.94. The molecule has 9 rings (SSSR count). The van der Waals surface area contributed by atoms with Crippen LogP contribution in [0.1, 0.15) is 28.3 Å². The van der Waals surface area contributed by atoms with Crippen LogP contribution < -0.4 is 0 Å². The number of aromatic nitrogens is 4. The van der Waals surface area contributed by atoms with Gasteiger partial charge in [0.15, 0.2) is 17.4 Å². The number of rotatable bonds is 4. The predicted molar refractivity (Wildman–Crippen MR) is 217 cm³/mol. The van der Waals surface area contributed by atoms with Gasteiger partial charge in [-0.15, -0.1) is 12.4 Å². The highest BCUT2D eigenvalue weighted by atomic mass is 35.5. The third kappa shape index (κ3) is 6.15. The molecule has 3 aromatic heterocycles. The first-order chi connectivity index (χ1) is 23.8. The molecule has 0 amide bonds. The maximum Gasteiger partial charge on any atom is 0.187 e. The van der Waals surface area contributed by atoms with Crippen molar-refractivity contribution in [1.82, 2.24) is 19.9 Å². The molecule has 2 aliphatic rings. The second-order valence-corrected chi connectivity index (χ2v) is 12.0. The largest absolute Gasteiger partial charge is 0.355 e. The summed E-state index contributed by atoms with van der Waals surface area (Å²) in [7, 11) is 0. The molecule has 4 nitrogen and oxygen atoms in total. The minimum Gasteiger partial charge on any atom is -0.355 e. The van der Waals surface area contributed by atoms with E-state index < -0.39 is 0 Å². The molecule has 8 bridgehead atoms. The van der Waals surface area contributed by atoms with Gasteiger partial charge in [0, 0.05) is 38.8 Å². The highest BCUT2D eigenvalue weighted by Gasteiger charge is 2.24. The minimum absolute atomic E-state index is 0. The van der Waals surface area contributed by atoms with Gasteiger partial charge in [-0.25, -0.2) is 9.97 Å². The molecule has 7 aromatic rings. The lowest BCUT2D eigenvalue weighted by molar-refractivity contribution is 1.30. The van der Waals surface area contributed by atoms with E-state index in [0.717, 1.165) is 89.4 Å². The van der Waals surface area contributed by atoms with Crippen molar-refractivity contribution < 1.29 is 0 Å². The number of hydrogen-bond acceptors (Lipinski definition) is 2. The summed E-state index contributed by atoms with van der Waals surface area (Å²) >= 11 is 0. The van der Waals surface area contributed by atoms with E-state index in [4.69, 9.17) is 9.97 Å². The van der Waals surface area contributed by atoms with Crippen molar-refractivity contribution in [1.29, 1.82) is 0 Å². The van der Waals surface area contributed by atoms with Crippen molar-refractivity contribution in [3.05, 3.63) is 180 Å². The Bertz CT molecular complexity index is 2540. The fraction of sp³-hybridized carbons (Fsp3) is 0. The number of benzene rings is 4. The number of H-pyrrole nitrogens is 2. The van der Waals surface area contributed by atoms with E-state index in [0.29, 0.717) is 0 Å². The van der Waals surface area contributed by atoms with E-state index in [1.807, 2.05) is 0 Å². The van der Waals surface area contributed by atoms with Crippen LogP contribution in [0.5, 0.6) is 0 Å². The Labute approximate surface area is 307 Å². The first-order valence-electron chi connectivity index (χ1n) is 16.2. The van der Waals surface area contributed by atoms with Crippen LogP contribution in [0.15, 0.2) is 152 Å². The van der Waals surface area contributed by atoms with Crippen LogP contribution in [-0.4, -0.2) is 37.3 Å². The Morgan fingerprint density at radius 1 is 0.420 bits per heavy atom. The molecule has 6 heteroatoms. The predicted octanol–water partition coefficient (Wildman–Crippen LogP) is 10.3. The molecule has 0 saturated heterocycles. The lowest BCUT2D eigenvalue weighted by atomic mass is 9.91. The Morgan fingerprint density at radius 2 is 0.900 bits per heavy atom. The van der Waals surface area contributed by atoms with Gasteiger partial charge in [-0.1, -0.05) is 121 Å². The summed E-state index contributed by atoms with van der Waals surface area (Å²) in [6.45, 7) is 0. The first-order valence-corrected chi connectivity index (χ1v) is 16.2. The zero-order valence-corrected chi connectivity index (χ0v) is 27.3. The fourth-order valence-corrected chi connectivity index (χ4v) is 6.78. The Morgan fingerprint density at radius 3 is 1.48 bits per heavy atom. The van der Waals surface area contributed by atoms with Crippen LogP contribution >= 0.6 is 12.4 Å². The zero-order chi connectivity index (χ0) is 31.9. The standard InChI is InChI=1S/C44H30N4.Al.ClH.3H/c1-5-13-29(14-6-1)38-27-37-26-35-22-21-33(45-35)25-34-23-24-36(46-34)28-39-40(30-15-7-2-8-16-30)41(31-17-9-3-10-18-31)44(48-39)42(43(38)47-37)32-19-11-4-12-20-32;;;;;/h1-28,45,48H;;1H;;;. The number of fused-ring (bicyclic) bond motifs is 8. The maximum atomic E-state index is 5.42. The van der Waals surface area contributed by atoms with Gasteiger partial charge in [0.25, 0.3) is 0 Å². The van der Waals surface area contributed by atoms with Crippen LogP contribution in [-0.2, 0) is 0 Å². The van der Waals surface area contributed by atoms with Gasteiger partial charge >= 0.3 is 0 Å². The summed E-state index contributed by atoms with van der Waals surface area (Å²) in [6.07, 6.45) is 6.35. The highest BCUT2D eigenvalue weighted by Crippen LogP contribution is 2.45. The molecule has 2 N–H and O–H groups in total. The number of nitrogens with one attached hydrogen (secondary N) is 2. The number of halogens is 1. The molecule has 240 valence electrons. The summed E-state index contributed by atoms with van der Waals surface area (Å²) in [5, 5.41) is 0. The van der Waals surface area contributed by atoms with Gasteiger partial charge in [-0.05, 0) is 70.8 Å². The van der Waals surface area contributed by atoms with Gasteiger partial charge < -0.3 is 9.97 Å². The zero-order valence-electron chi connectivity index (χ0n) is 26.5.